The van der Waals surface area contributed by atoms with Crippen molar-refractivity contribution < 1.29 is 0 Å². The van der Waals surface area contributed by atoms with Crippen molar-refractivity contribution >= 4 is 5.69 Å². The van der Waals surface area contributed by atoms with Crippen LogP contribution in [0.1, 0.15) is 37.3 Å². The summed E-state index contributed by atoms with van der Waals surface area (Å²) in [7, 11) is 2.22. The van der Waals surface area contributed by atoms with Gasteiger partial charge in [0.1, 0.15) is 0 Å². The molecular weight excluding hydrogens is 220 g/mol. The van der Waals surface area contributed by atoms with E-state index in [0.29, 0.717) is 6.04 Å². The molecule has 0 bridgehead atoms. The Hall–Kier alpha value is -1.02. The molecule has 0 aromatic heterocycles. The largest absolute Gasteiger partial charge is 0.382 e. The summed E-state index contributed by atoms with van der Waals surface area (Å²) in [5.74, 6) is 0. The lowest BCUT2D eigenvalue weighted by molar-refractivity contribution is 0.348. The van der Waals surface area contributed by atoms with Crippen molar-refractivity contribution in [2.24, 2.45) is 0 Å². The van der Waals surface area contributed by atoms with E-state index in [1.54, 1.807) is 0 Å². The molecule has 1 N–H and O–H groups in total. The summed E-state index contributed by atoms with van der Waals surface area (Å²) in [4.78, 5) is 2.44. The smallest absolute Gasteiger partial charge is 0.0345 e. The third kappa shape index (κ3) is 3.49. The Morgan fingerprint density at radius 2 is 2.11 bits per heavy atom. The number of anilines is 1. The van der Waals surface area contributed by atoms with Crippen molar-refractivity contribution in [1.29, 1.82) is 0 Å². The molecule has 18 heavy (non-hydrogen) atoms. The quantitative estimate of drug-likeness (QED) is 0.878. The van der Waals surface area contributed by atoms with Crippen LogP contribution in [-0.2, 0) is 6.42 Å². The van der Waals surface area contributed by atoms with Crippen molar-refractivity contribution in [1.82, 2.24) is 4.90 Å². The SMILES string of the molecule is CCc1ccc(NC2CCCN(C)CC2)cc1C. The third-order valence-electron chi connectivity index (χ3n) is 4.05. The number of aryl methyl sites for hydroxylation is 2. The first kappa shape index (κ1) is 13.4. The van der Waals surface area contributed by atoms with Crippen LogP contribution in [0.5, 0.6) is 0 Å². The van der Waals surface area contributed by atoms with E-state index in [0.717, 1.165) is 6.42 Å². The number of nitrogens with zero attached hydrogens (tertiary/aromatic N) is 1. The van der Waals surface area contributed by atoms with Crippen LogP contribution >= 0.6 is 0 Å². The fourth-order valence-corrected chi connectivity index (χ4v) is 2.80. The zero-order valence-corrected chi connectivity index (χ0v) is 12.0. The number of hydrogen-bond donors (Lipinski definition) is 1. The van der Waals surface area contributed by atoms with Gasteiger partial charge in [-0.15, -0.1) is 0 Å². The molecule has 1 saturated heterocycles. The molecule has 1 unspecified atom stereocenters. The number of benzene rings is 1. The van der Waals surface area contributed by atoms with Gasteiger partial charge in [0.25, 0.3) is 0 Å². The minimum atomic E-state index is 0.641. The van der Waals surface area contributed by atoms with Crippen LogP contribution in [-0.4, -0.2) is 31.1 Å². The Kier molecular flexibility index (Phi) is 4.65. The van der Waals surface area contributed by atoms with Crippen LogP contribution in [0, 0.1) is 6.92 Å². The zero-order valence-electron chi connectivity index (χ0n) is 12.0. The predicted octanol–water partition coefficient (Wildman–Crippen LogP) is 3.45. The van der Waals surface area contributed by atoms with Crippen LogP contribution in [0.25, 0.3) is 0 Å². The van der Waals surface area contributed by atoms with Crippen LogP contribution < -0.4 is 5.32 Å². The minimum absolute atomic E-state index is 0.641. The molecule has 2 rings (SSSR count). The Bertz CT molecular complexity index is 387. The maximum atomic E-state index is 3.71. The molecule has 1 atom stereocenters. The second-order valence-corrected chi connectivity index (χ2v) is 5.57. The first-order chi connectivity index (χ1) is 8.69. The number of rotatable bonds is 3. The lowest BCUT2D eigenvalue weighted by Crippen LogP contribution is -2.23. The van der Waals surface area contributed by atoms with Gasteiger partial charge in [-0.1, -0.05) is 13.0 Å². The zero-order chi connectivity index (χ0) is 13.0. The number of likely N-dealkylation sites (tertiary alicyclic amines) is 1. The summed E-state index contributed by atoms with van der Waals surface area (Å²) in [6.45, 7) is 6.89. The van der Waals surface area contributed by atoms with Crippen LogP contribution in [0.4, 0.5) is 5.69 Å². The average Bonchev–Trinajstić information content (AvgIpc) is 2.55. The molecule has 1 aliphatic heterocycles. The highest BCUT2D eigenvalue weighted by atomic mass is 15.1. The van der Waals surface area contributed by atoms with Gasteiger partial charge in [-0.2, -0.15) is 0 Å². The van der Waals surface area contributed by atoms with Gasteiger partial charge >= 0.3 is 0 Å². The molecule has 0 aliphatic carbocycles. The summed E-state index contributed by atoms with van der Waals surface area (Å²) in [5, 5.41) is 3.71. The molecule has 2 heteroatoms. The Balaban J connectivity index is 1.98. The highest BCUT2D eigenvalue weighted by molar-refractivity contribution is 5.49. The fraction of sp³-hybridized carbons (Fsp3) is 0.625. The van der Waals surface area contributed by atoms with Gasteiger partial charge in [-0.3, -0.25) is 0 Å². The highest BCUT2D eigenvalue weighted by Crippen LogP contribution is 2.19. The van der Waals surface area contributed by atoms with Gasteiger partial charge in [-0.05, 0) is 76.0 Å². The van der Waals surface area contributed by atoms with E-state index >= 15 is 0 Å². The lowest BCUT2D eigenvalue weighted by Gasteiger charge is -2.19. The predicted molar refractivity (Wildman–Crippen MR) is 79.3 cm³/mol. The molecular formula is C16H26N2. The molecule has 0 radical (unpaired) electrons. The maximum absolute atomic E-state index is 3.71. The van der Waals surface area contributed by atoms with E-state index < -0.39 is 0 Å². The van der Waals surface area contributed by atoms with Crippen molar-refractivity contribution in [3.05, 3.63) is 29.3 Å². The van der Waals surface area contributed by atoms with Gasteiger partial charge in [0.15, 0.2) is 0 Å². The first-order valence-corrected chi connectivity index (χ1v) is 7.23. The number of nitrogens with one attached hydrogen (secondary N) is 1. The molecule has 100 valence electrons. The summed E-state index contributed by atoms with van der Waals surface area (Å²) in [6.07, 6.45) is 4.98. The molecule has 0 saturated carbocycles. The average molecular weight is 246 g/mol. The van der Waals surface area contributed by atoms with E-state index in [1.165, 1.54) is 49.2 Å². The monoisotopic (exact) mass is 246 g/mol. The standard InChI is InChI=1S/C16H26N2/c1-4-14-7-8-16(12-13(14)2)17-15-6-5-10-18(3)11-9-15/h7-8,12,15,17H,4-6,9-11H2,1-3H3. The molecule has 0 amide bonds. The highest BCUT2D eigenvalue weighted by Gasteiger charge is 2.14. The maximum Gasteiger partial charge on any atom is 0.0345 e. The molecule has 1 aromatic rings. The van der Waals surface area contributed by atoms with Crippen molar-refractivity contribution in [2.45, 2.75) is 45.6 Å². The van der Waals surface area contributed by atoms with Crippen molar-refractivity contribution in [3.8, 4) is 0 Å². The second-order valence-electron chi connectivity index (χ2n) is 5.57. The van der Waals surface area contributed by atoms with Gasteiger partial charge in [0.05, 0.1) is 0 Å². The van der Waals surface area contributed by atoms with Crippen molar-refractivity contribution in [3.63, 3.8) is 0 Å². The summed E-state index contributed by atoms with van der Waals surface area (Å²) in [6, 6.07) is 7.44. The Labute approximate surface area is 111 Å². The molecule has 2 nitrogen and oxygen atoms in total. The van der Waals surface area contributed by atoms with Crippen LogP contribution in [0.3, 0.4) is 0 Å². The molecule has 1 aromatic carbocycles. The normalized spacial score (nSPS) is 21.6. The van der Waals surface area contributed by atoms with E-state index in [4.69, 9.17) is 0 Å². The molecule has 0 spiro atoms. The Morgan fingerprint density at radius 3 is 2.83 bits per heavy atom. The molecule has 1 fully saturated rings. The molecule has 1 aliphatic rings. The van der Waals surface area contributed by atoms with Crippen LogP contribution in [0.15, 0.2) is 18.2 Å². The topological polar surface area (TPSA) is 15.3 Å². The van der Waals surface area contributed by atoms with E-state index in [9.17, 15) is 0 Å². The summed E-state index contributed by atoms with van der Waals surface area (Å²) < 4.78 is 0. The number of hydrogen-bond acceptors (Lipinski definition) is 2. The van der Waals surface area contributed by atoms with Gasteiger partial charge < -0.3 is 10.2 Å². The van der Waals surface area contributed by atoms with Crippen molar-refractivity contribution in [2.75, 3.05) is 25.5 Å². The second kappa shape index (κ2) is 6.24. The fourth-order valence-electron chi connectivity index (χ4n) is 2.80. The van der Waals surface area contributed by atoms with E-state index in [1.807, 2.05) is 0 Å². The summed E-state index contributed by atoms with van der Waals surface area (Å²) in [5.41, 5.74) is 4.16. The lowest BCUT2D eigenvalue weighted by atomic mass is 10.0. The van der Waals surface area contributed by atoms with Crippen LogP contribution in [0.2, 0.25) is 0 Å². The Morgan fingerprint density at radius 1 is 1.28 bits per heavy atom. The van der Waals surface area contributed by atoms with Gasteiger partial charge in [0.2, 0.25) is 0 Å². The van der Waals surface area contributed by atoms with E-state index in [2.05, 4.69) is 49.3 Å². The van der Waals surface area contributed by atoms with Gasteiger partial charge in [-0.25, -0.2) is 0 Å². The minimum Gasteiger partial charge on any atom is -0.382 e. The molecule has 1 heterocycles. The van der Waals surface area contributed by atoms with E-state index in [-0.39, 0.29) is 0 Å². The third-order valence-corrected chi connectivity index (χ3v) is 4.05. The summed E-state index contributed by atoms with van der Waals surface area (Å²) >= 11 is 0. The van der Waals surface area contributed by atoms with Gasteiger partial charge in [0, 0.05) is 11.7 Å². The first-order valence-electron chi connectivity index (χ1n) is 7.23.